The molecule has 0 aliphatic heterocycles. The molecule has 288 valence electrons. The minimum atomic E-state index is -5.24. The summed E-state index contributed by atoms with van der Waals surface area (Å²) in [5, 5.41) is 5.43. The third-order valence-corrected chi connectivity index (χ3v) is 8.72. The maximum atomic E-state index is 12.8. The Kier molecular flexibility index (Phi) is 14.4. The van der Waals surface area contributed by atoms with Gasteiger partial charge in [0.2, 0.25) is 10.0 Å². The summed E-state index contributed by atoms with van der Waals surface area (Å²) < 4.78 is 169. The molecule has 53 heavy (non-hydrogen) atoms. The van der Waals surface area contributed by atoms with E-state index in [1.165, 1.54) is 6.07 Å². The molecule has 2 heterocycles. The highest BCUT2D eigenvalue weighted by atomic mass is 35.7. The summed E-state index contributed by atoms with van der Waals surface area (Å²) in [7, 11) is -2.81. The Hall–Kier alpha value is -3.65. The van der Waals surface area contributed by atoms with Crippen LogP contribution in [-0.2, 0) is 33.2 Å². The van der Waals surface area contributed by atoms with Crippen molar-refractivity contribution < 1.29 is 61.1 Å². The number of benzene rings is 2. The molecular formula is C24H9Cl5F12N8O2S2. The topological polar surface area (TPSA) is 131 Å². The number of hydrogen-bond donors (Lipinski definition) is 2. The van der Waals surface area contributed by atoms with Crippen molar-refractivity contribution in [2.75, 3.05) is 11.5 Å². The van der Waals surface area contributed by atoms with Crippen molar-refractivity contribution in [1.29, 1.82) is 0 Å². The Morgan fingerprint density at radius 2 is 1.02 bits per heavy atom. The van der Waals surface area contributed by atoms with Gasteiger partial charge in [0.05, 0.1) is 31.2 Å². The van der Waals surface area contributed by atoms with Crippen molar-refractivity contribution in [3.8, 4) is 11.4 Å². The van der Waals surface area contributed by atoms with Crippen molar-refractivity contribution in [3.63, 3.8) is 0 Å². The molecule has 0 aliphatic rings. The van der Waals surface area contributed by atoms with E-state index in [0.29, 0.717) is 16.8 Å². The van der Waals surface area contributed by atoms with E-state index >= 15 is 0 Å². The lowest BCUT2D eigenvalue weighted by atomic mass is 10.2. The monoisotopic (exact) mass is 908 g/mol. The van der Waals surface area contributed by atoms with Crippen LogP contribution in [0.2, 0.25) is 20.1 Å². The molecule has 29 heteroatoms. The fourth-order valence-electron chi connectivity index (χ4n) is 3.42. The summed E-state index contributed by atoms with van der Waals surface area (Å²) in [6.07, 6.45) is -9.35. The van der Waals surface area contributed by atoms with Crippen molar-refractivity contribution in [3.05, 3.63) is 84.4 Å². The molecular weight excluding hydrogens is 902 g/mol. The number of aromatic nitrogens is 4. The first-order valence-electron chi connectivity index (χ1n) is 12.2. The van der Waals surface area contributed by atoms with Crippen LogP contribution in [0.25, 0.3) is 21.1 Å². The first kappa shape index (κ1) is 45.5. The molecule has 2 atom stereocenters. The van der Waals surface area contributed by atoms with E-state index in [9.17, 15) is 61.1 Å². The fraction of sp³-hybridized carbons (Fsp3) is 0.167. The molecule has 2 unspecified atom stereocenters. The summed E-state index contributed by atoms with van der Waals surface area (Å²) in [6.45, 7) is 13.7. The van der Waals surface area contributed by atoms with Gasteiger partial charge in [0, 0.05) is 6.07 Å². The zero-order chi connectivity index (χ0) is 41.2. The molecule has 4 aromatic rings. The Morgan fingerprint density at radius 1 is 0.642 bits per heavy atom. The predicted molar refractivity (Wildman–Crippen MR) is 171 cm³/mol. The van der Waals surface area contributed by atoms with Crippen LogP contribution in [0.1, 0.15) is 11.1 Å². The van der Waals surface area contributed by atoms with E-state index in [-0.39, 0.29) is 27.4 Å². The van der Waals surface area contributed by atoms with Crippen LogP contribution < -0.4 is 11.5 Å². The van der Waals surface area contributed by atoms with Crippen LogP contribution in [0, 0.1) is 13.1 Å². The third-order valence-electron chi connectivity index (χ3n) is 5.49. The number of nitrogens with two attached hydrogens (primary N) is 2. The number of nitrogen functional groups attached to an aromatic ring is 2. The molecule has 4 N–H and O–H groups in total. The molecule has 2 aromatic carbocycles. The van der Waals surface area contributed by atoms with Gasteiger partial charge in [-0.1, -0.05) is 59.5 Å². The predicted octanol–water partition coefficient (Wildman–Crippen LogP) is 10.7. The molecule has 0 amide bonds. The van der Waals surface area contributed by atoms with Crippen LogP contribution in [-0.4, -0.2) is 39.0 Å². The van der Waals surface area contributed by atoms with Crippen molar-refractivity contribution in [2.45, 2.75) is 28.3 Å². The highest BCUT2D eigenvalue weighted by molar-refractivity contribution is 8.09. The van der Waals surface area contributed by atoms with Gasteiger partial charge < -0.3 is 21.2 Å². The standard InChI is InChI=1S/C12H4Cl2F6N4OS.C11H5Cl2F3N4.CClF3OS/c1-22-10-8(26(25)12(18,19)20)9(21)24(23-10)7-5(13)2-4(3-6(7)14)11(15,16)17;1-18-9-4-8(17)20(19-9)10-6(12)2-5(3-7(10)13)11(14,15)16;2-7(6)1(3,4)5/h2-3H,21H2;2-4H,17H2;. The van der Waals surface area contributed by atoms with Gasteiger partial charge in [-0.2, -0.15) is 52.7 Å². The molecule has 2 aromatic heterocycles. The second-order valence-electron chi connectivity index (χ2n) is 8.97. The van der Waals surface area contributed by atoms with Gasteiger partial charge in [-0.15, -0.1) is 9.36 Å². The molecule has 0 radical (unpaired) electrons. The number of anilines is 2. The normalized spacial score (nSPS) is 13.1. The first-order chi connectivity index (χ1) is 24.0. The lowest BCUT2D eigenvalue weighted by Crippen LogP contribution is -2.17. The summed E-state index contributed by atoms with van der Waals surface area (Å²) in [6, 6.07) is 3.63. The van der Waals surface area contributed by atoms with Crippen LogP contribution in [0.4, 0.5) is 76.0 Å². The van der Waals surface area contributed by atoms with E-state index in [0.717, 1.165) is 16.8 Å². The van der Waals surface area contributed by atoms with Crippen LogP contribution in [0.5, 0.6) is 0 Å². The fourth-order valence-corrected chi connectivity index (χ4v) is 5.48. The Morgan fingerprint density at radius 3 is 1.30 bits per heavy atom. The minimum Gasteiger partial charge on any atom is -0.383 e. The van der Waals surface area contributed by atoms with Gasteiger partial charge in [0.15, 0.2) is 16.6 Å². The smallest absolute Gasteiger partial charge is 0.383 e. The van der Waals surface area contributed by atoms with Crippen LogP contribution in [0.15, 0.2) is 35.2 Å². The number of alkyl halides is 12. The van der Waals surface area contributed by atoms with Gasteiger partial charge in [0.1, 0.15) is 22.1 Å². The van der Waals surface area contributed by atoms with E-state index < -0.39 is 87.6 Å². The van der Waals surface area contributed by atoms with Crippen molar-refractivity contribution in [2.24, 2.45) is 0 Å². The van der Waals surface area contributed by atoms with Crippen molar-refractivity contribution in [1.82, 2.24) is 19.6 Å². The Balaban J connectivity index is 0.000000318. The SMILES string of the molecule is O=S(Cl)C(F)(F)F.[C-]#[N+]c1cc(N)n(-c2c(Cl)cc(C(F)(F)F)cc2Cl)n1.[C-]#[N+]c1nn(-c2c(Cl)cc(C(F)(F)F)cc2Cl)c(N)c1S(=O)C(F)(F)F. The quantitative estimate of drug-likeness (QED) is 0.120. The molecule has 10 nitrogen and oxygen atoms in total. The highest BCUT2D eigenvalue weighted by Gasteiger charge is 2.43. The molecule has 0 spiro atoms. The molecule has 4 rings (SSSR count). The zero-order valence-electron chi connectivity index (χ0n) is 24.3. The summed E-state index contributed by atoms with van der Waals surface area (Å²) >= 11 is 23.1. The third kappa shape index (κ3) is 11.2. The summed E-state index contributed by atoms with van der Waals surface area (Å²) in [4.78, 5) is 4.63. The molecule has 0 fully saturated rings. The summed E-state index contributed by atoms with van der Waals surface area (Å²) in [5.74, 6) is -1.82. The summed E-state index contributed by atoms with van der Waals surface area (Å²) in [5.41, 5.74) is -1.57. The average Bonchev–Trinajstić information content (AvgIpc) is 3.53. The van der Waals surface area contributed by atoms with Gasteiger partial charge in [-0.25, -0.2) is 8.42 Å². The average molecular weight is 911 g/mol. The molecule has 0 bridgehead atoms. The largest absolute Gasteiger partial charge is 0.486 e. The van der Waals surface area contributed by atoms with Gasteiger partial charge >= 0.3 is 29.2 Å². The maximum absolute atomic E-state index is 12.8. The Labute approximate surface area is 316 Å². The van der Waals surface area contributed by atoms with Gasteiger partial charge in [-0.05, 0) is 45.1 Å². The highest BCUT2D eigenvalue weighted by Crippen LogP contribution is 2.42. The zero-order valence-corrected chi connectivity index (χ0v) is 29.7. The molecule has 0 saturated heterocycles. The lowest BCUT2D eigenvalue weighted by molar-refractivity contribution is -0.138. The second kappa shape index (κ2) is 16.8. The Bertz CT molecular complexity index is 2110. The molecule has 0 saturated carbocycles. The van der Waals surface area contributed by atoms with Crippen molar-refractivity contribution >= 4 is 101 Å². The first-order valence-corrected chi connectivity index (χ1v) is 16.9. The van der Waals surface area contributed by atoms with Crippen LogP contribution >= 0.6 is 57.1 Å². The number of hydrogen-bond acceptors (Lipinski definition) is 6. The lowest BCUT2D eigenvalue weighted by Gasteiger charge is -2.12. The van der Waals surface area contributed by atoms with Gasteiger partial charge in [0.25, 0.3) is 5.82 Å². The number of rotatable bonds is 3. The molecule has 0 aliphatic carbocycles. The van der Waals surface area contributed by atoms with E-state index in [1.807, 2.05) is 0 Å². The van der Waals surface area contributed by atoms with E-state index in [2.05, 4.69) is 30.6 Å². The number of nitrogens with zero attached hydrogens (tertiary/aromatic N) is 6. The van der Waals surface area contributed by atoms with Gasteiger partial charge in [-0.3, -0.25) is 0 Å². The minimum absolute atomic E-state index is 0.00580. The van der Waals surface area contributed by atoms with E-state index in [1.54, 1.807) is 0 Å². The maximum Gasteiger partial charge on any atom is 0.486 e. The second-order valence-corrected chi connectivity index (χ2v) is 13.8. The van der Waals surface area contributed by atoms with Crippen LogP contribution in [0.3, 0.4) is 0 Å². The van der Waals surface area contributed by atoms with E-state index in [4.69, 9.17) is 71.0 Å². The number of halogens is 17.